The molecule has 1 aliphatic heterocycles. The number of hydrogen-bond donors (Lipinski definition) is 1. The van der Waals surface area contributed by atoms with Crippen LogP contribution in [0.15, 0.2) is 18.5 Å². The summed E-state index contributed by atoms with van der Waals surface area (Å²) in [6, 6.07) is 1.57. The van der Waals surface area contributed by atoms with E-state index < -0.39 is 10.2 Å². The minimum absolute atomic E-state index is 0.317. The van der Waals surface area contributed by atoms with Crippen LogP contribution < -0.4 is 0 Å². The summed E-state index contributed by atoms with van der Waals surface area (Å²) in [4.78, 5) is 8.82. The Labute approximate surface area is 135 Å². The van der Waals surface area contributed by atoms with Gasteiger partial charge in [0.25, 0.3) is 10.2 Å². The predicted molar refractivity (Wildman–Crippen MR) is 85.6 cm³/mol. The van der Waals surface area contributed by atoms with Gasteiger partial charge in [-0.05, 0) is 25.8 Å². The predicted octanol–water partition coefficient (Wildman–Crippen LogP) is 1.12. The molecule has 1 saturated heterocycles. The Hall–Kier alpha value is -1.84. The standard InChI is InChI=1S/C14H20N6O2S/c1-10-9-11(18-17-10)13-14(16-7-6-15-13)12-5-4-8-20(12)23(21,22)19(2)3/h6-7,9,12H,4-5,8H2,1-3H3,(H,17,18). The van der Waals surface area contributed by atoms with Crippen molar-refractivity contribution in [2.75, 3.05) is 20.6 Å². The number of aryl methyl sites for hydroxylation is 1. The van der Waals surface area contributed by atoms with Gasteiger partial charge in [-0.2, -0.15) is 22.1 Å². The lowest BCUT2D eigenvalue weighted by atomic mass is 10.1. The van der Waals surface area contributed by atoms with Gasteiger partial charge in [-0.25, -0.2) is 0 Å². The van der Waals surface area contributed by atoms with Crippen LogP contribution in [-0.4, -0.2) is 57.8 Å². The second-order valence-corrected chi connectivity index (χ2v) is 7.88. The average molecular weight is 336 g/mol. The second kappa shape index (κ2) is 5.99. The van der Waals surface area contributed by atoms with Crippen molar-refractivity contribution < 1.29 is 8.42 Å². The minimum atomic E-state index is -3.50. The van der Waals surface area contributed by atoms with Crippen LogP contribution in [0.2, 0.25) is 0 Å². The highest BCUT2D eigenvalue weighted by atomic mass is 32.2. The Morgan fingerprint density at radius 2 is 2.04 bits per heavy atom. The Morgan fingerprint density at radius 3 is 2.70 bits per heavy atom. The van der Waals surface area contributed by atoms with Crippen molar-refractivity contribution in [2.24, 2.45) is 0 Å². The molecular formula is C14H20N6O2S. The van der Waals surface area contributed by atoms with Gasteiger partial charge in [0, 0.05) is 38.7 Å². The summed E-state index contributed by atoms with van der Waals surface area (Å²) in [7, 11) is -0.415. The van der Waals surface area contributed by atoms with Crippen LogP contribution in [0, 0.1) is 6.92 Å². The van der Waals surface area contributed by atoms with Crippen LogP contribution in [-0.2, 0) is 10.2 Å². The van der Waals surface area contributed by atoms with Crippen molar-refractivity contribution in [1.29, 1.82) is 0 Å². The van der Waals surface area contributed by atoms with Crippen molar-refractivity contribution in [3.63, 3.8) is 0 Å². The minimum Gasteiger partial charge on any atom is -0.282 e. The first-order valence-electron chi connectivity index (χ1n) is 7.44. The van der Waals surface area contributed by atoms with E-state index in [0.717, 1.165) is 18.5 Å². The lowest BCUT2D eigenvalue weighted by Gasteiger charge is -2.27. The van der Waals surface area contributed by atoms with Gasteiger partial charge in [0.15, 0.2) is 0 Å². The summed E-state index contributed by atoms with van der Waals surface area (Å²) in [5.41, 5.74) is 2.88. The summed E-state index contributed by atoms with van der Waals surface area (Å²) in [6.07, 6.45) is 4.72. The summed E-state index contributed by atoms with van der Waals surface area (Å²) < 4.78 is 27.8. The molecule has 2 aromatic heterocycles. The Morgan fingerprint density at radius 1 is 1.30 bits per heavy atom. The zero-order chi connectivity index (χ0) is 16.6. The van der Waals surface area contributed by atoms with Gasteiger partial charge < -0.3 is 0 Å². The van der Waals surface area contributed by atoms with Crippen LogP contribution in [0.4, 0.5) is 0 Å². The fourth-order valence-corrected chi connectivity index (χ4v) is 4.13. The van der Waals surface area contributed by atoms with E-state index in [1.807, 2.05) is 13.0 Å². The molecule has 0 bridgehead atoms. The molecule has 1 N–H and O–H groups in total. The number of H-pyrrole nitrogens is 1. The van der Waals surface area contributed by atoms with E-state index in [1.165, 1.54) is 8.61 Å². The van der Waals surface area contributed by atoms with E-state index in [9.17, 15) is 8.42 Å². The third-order valence-corrected chi connectivity index (χ3v) is 5.90. The third-order valence-electron chi connectivity index (χ3n) is 3.95. The van der Waals surface area contributed by atoms with Crippen LogP contribution in [0.25, 0.3) is 11.4 Å². The normalized spacial score (nSPS) is 19.6. The second-order valence-electron chi connectivity index (χ2n) is 5.79. The number of rotatable bonds is 4. The lowest BCUT2D eigenvalue weighted by Crippen LogP contribution is -2.39. The van der Waals surface area contributed by atoms with E-state index >= 15 is 0 Å². The number of hydrogen-bond acceptors (Lipinski definition) is 5. The molecule has 23 heavy (non-hydrogen) atoms. The molecule has 124 valence electrons. The summed E-state index contributed by atoms with van der Waals surface area (Å²) in [5.74, 6) is 0. The summed E-state index contributed by atoms with van der Waals surface area (Å²) in [5, 5.41) is 7.12. The third kappa shape index (κ3) is 2.87. The number of nitrogens with one attached hydrogen (secondary N) is 1. The van der Waals surface area contributed by atoms with Crippen molar-refractivity contribution in [3.8, 4) is 11.4 Å². The van der Waals surface area contributed by atoms with Gasteiger partial charge in [0.2, 0.25) is 0 Å². The van der Waals surface area contributed by atoms with Crippen LogP contribution in [0.3, 0.4) is 0 Å². The molecule has 0 aromatic carbocycles. The Kier molecular flexibility index (Phi) is 4.17. The van der Waals surface area contributed by atoms with E-state index in [2.05, 4.69) is 20.2 Å². The van der Waals surface area contributed by atoms with E-state index in [1.54, 1.807) is 26.5 Å². The zero-order valence-electron chi connectivity index (χ0n) is 13.4. The van der Waals surface area contributed by atoms with Gasteiger partial charge in [-0.3, -0.25) is 15.1 Å². The molecule has 0 amide bonds. The van der Waals surface area contributed by atoms with Crippen molar-refractivity contribution in [1.82, 2.24) is 28.8 Å². The number of aromatic nitrogens is 4. The molecule has 0 radical (unpaired) electrons. The fraction of sp³-hybridized carbons (Fsp3) is 0.500. The van der Waals surface area contributed by atoms with E-state index in [4.69, 9.17) is 0 Å². The lowest BCUT2D eigenvalue weighted by molar-refractivity contribution is 0.358. The maximum absolute atomic E-state index is 12.6. The van der Waals surface area contributed by atoms with Gasteiger partial charge >= 0.3 is 0 Å². The smallest absolute Gasteiger partial charge is 0.282 e. The Bertz CT molecular complexity index is 801. The molecule has 3 heterocycles. The topological polar surface area (TPSA) is 95.1 Å². The summed E-state index contributed by atoms with van der Waals surface area (Å²) in [6.45, 7) is 2.39. The van der Waals surface area contributed by atoms with Gasteiger partial charge in [-0.1, -0.05) is 0 Å². The van der Waals surface area contributed by atoms with Crippen LogP contribution >= 0.6 is 0 Å². The molecule has 0 saturated carbocycles. The van der Waals surface area contributed by atoms with E-state index in [0.29, 0.717) is 23.6 Å². The number of aromatic amines is 1. The Balaban J connectivity index is 2.05. The SMILES string of the molecule is Cc1cc(-c2nccnc2C2CCCN2S(=O)(=O)N(C)C)n[nH]1. The van der Waals surface area contributed by atoms with Crippen LogP contribution in [0.1, 0.15) is 30.3 Å². The molecule has 9 heteroatoms. The quantitative estimate of drug-likeness (QED) is 0.903. The molecule has 1 atom stereocenters. The molecule has 3 rings (SSSR count). The highest BCUT2D eigenvalue weighted by Crippen LogP contribution is 2.37. The van der Waals surface area contributed by atoms with Gasteiger partial charge in [-0.15, -0.1) is 0 Å². The summed E-state index contributed by atoms with van der Waals surface area (Å²) >= 11 is 0. The first-order valence-corrected chi connectivity index (χ1v) is 8.83. The average Bonchev–Trinajstić information content (AvgIpc) is 3.16. The molecule has 0 aliphatic carbocycles. The number of nitrogens with zero attached hydrogens (tertiary/aromatic N) is 5. The fourth-order valence-electron chi connectivity index (χ4n) is 2.83. The molecule has 0 spiro atoms. The van der Waals surface area contributed by atoms with Crippen molar-refractivity contribution in [3.05, 3.63) is 29.8 Å². The monoisotopic (exact) mass is 336 g/mol. The van der Waals surface area contributed by atoms with Crippen molar-refractivity contribution >= 4 is 10.2 Å². The zero-order valence-corrected chi connectivity index (χ0v) is 14.2. The van der Waals surface area contributed by atoms with Gasteiger partial charge in [0.1, 0.15) is 11.4 Å². The molecule has 1 unspecified atom stereocenters. The maximum atomic E-state index is 12.6. The maximum Gasteiger partial charge on any atom is 0.282 e. The first kappa shape index (κ1) is 16.0. The molecule has 2 aromatic rings. The van der Waals surface area contributed by atoms with E-state index in [-0.39, 0.29) is 6.04 Å². The highest BCUT2D eigenvalue weighted by molar-refractivity contribution is 7.86. The first-order chi connectivity index (χ1) is 10.9. The molecular weight excluding hydrogens is 316 g/mol. The molecule has 1 fully saturated rings. The van der Waals surface area contributed by atoms with Gasteiger partial charge in [0.05, 0.1) is 11.7 Å². The highest BCUT2D eigenvalue weighted by Gasteiger charge is 2.38. The molecule has 1 aliphatic rings. The molecule has 8 nitrogen and oxygen atoms in total. The largest absolute Gasteiger partial charge is 0.282 e. The van der Waals surface area contributed by atoms with Crippen LogP contribution in [0.5, 0.6) is 0 Å². The van der Waals surface area contributed by atoms with Crippen molar-refractivity contribution in [2.45, 2.75) is 25.8 Å².